The van der Waals surface area contributed by atoms with Gasteiger partial charge in [0, 0.05) is 62.5 Å². The van der Waals surface area contributed by atoms with Crippen LogP contribution in [-0.2, 0) is 44.7 Å². The Morgan fingerprint density at radius 1 is 0.933 bits per heavy atom. The normalized spacial score (nSPS) is 12.7. The minimum atomic E-state index is -1.01. The number of carbonyl (C=O) groups is 6. The van der Waals surface area contributed by atoms with E-state index in [1.165, 1.54) is 20.2 Å². The van der Waals surface area contributed by atoms with E-state index < -0.39 is 17.4 Å². The molecule has 253 valence electrons. The van der Waals surface area contributed by atoms with Crippen LogP contribution in [0.5, 0.6) is 0 Å². The van der Waals surface area contributed by atoms with Crippen molar-refractivity contribution >= 4 is 34.9 Å². The van der Waals surface area contributed by atoms with Gasteiger partial charge in [-0.1, -0.05) is 20.3 Å². The van der Waals surface area contributed by atoms with Crippen molar-refractivity contribution in [2.24, 2.45) is 11.3 Å². The number of imidazole rings is 1. The summed E-state index contributed by atoms with van der Waals surface area (Å²) < 4.78 is 10.6. The zero-order chi connectivity index (χ0) is 33.7. The van der Waals surface area contributed by atoms with Gasteiger partial charge in [-0.25, -0.2) is 10.7 Å². The number of carbonyl (C=O) groups excluding carboxylic acids is 6. The number of rotatable bonds is 27. The molecule has 1 aromatic heterocycles. The van der Waals surface area contributed by atoms with Gasteiger partial charge in [-0.05, 0) is 26.2 Å². The van der Waals surface area contributed by atoms with E-state index in [4.69, 9.17) is 15.2 Å². The number of hydrogen-bond donors (Lipinski definition) is 4. The lowest BCUT2D eigenvalue weighted by molar-refractivity contribution is -0.133. The van der Waals surface area contributed by atoms with Gasteiger partial charge in [-0.2, -0.15) is 0 Å². The molecular formula is C31H51N6O8. The fraction of sp³-hybridized carbons (Fsp3) is 0.710. The first kappa shape index (κ1) is 39.7. The molecule has 0 aliphatic carbocycles. The van der Waals surface area contributed by atoms with E-state index in [0.29, 0.717) is 57.7 Å². The summed E-state index contributed by atoms with van der Waals surface area (Å²) in [6.45, 7) is 7.93. The highest BCUT2D eigenvalue weighted by Crippen LogP contribution is 2.27. The van der Waals surface area contributed by atoms with Crippen molar-refractivity contribution in [2.45, 2.75) is 78.7 Å². The van der Waals surface area contributed by atoms with Crippen LogP contribution < -0.4 is 21.7 Å². The average Bonchev–Trinajstić information content (AvgIpc) is 3.48. The molecule has 5 N–H and O–H groups in total. The summed E-state index contributed by atoms with van der Waals surface area (Å²) in [6.07, 6.45) is 5.36. The smallest absolute Gasteiger partial charge is 0.245 e. The van der Waals surface area contributed by atoms with Gasteiger partial charge in [0.25, 0.3) is 0 Å². The fourth-order valence-electron chi connectivity index (χ4n) is 4.48. The van der Waals surface area contributed by atoms with Crippen molar-refractivity contribution in [2.75, 3.05) is 52.6 Å². The largest absolute Gasteiger partial charge is 0.377 e. The van der Waals surface area contributed by atoms with E-state index in [9.17, 15) is 28.8 Å². The Morgan fingerprint density at radius 2 is 1.67 bits per heavy atom. The summed E-state index contributed by atoms with van der Waals surface area (Å²) in [5.74, 6) is -1.48. The van der Waals surface area contributed by atoms with Crippen molar-refractivity contribution in [1.29, 1.82) is 0 Å². The number of nitrogens with zero attached hydrogens (tertiary/aromatic N) is 1. The minimum absolute atomic E-state index is 0.0134. The standard InChI is InChI=1S/C31H51N6O8/c1-22(38)17-33-19-28(41)24(7-5-6-10-36-30(43)20-45-14-13-44-12-11-35-23(2)39)8-9-29(42)31(3,4)16-27(40)26(32)15-25-18-34-21-37-25/h18,21,24,26,32-33H,5-17,19-20H2,1-4H3,(H,34,37)(H,35,39)(H,36,43)/t24-,26+/m1/s1. The number of H-pyrrole nitrogens is 1. The van der Waals surface area contributed by atoms with Crippen LogP contribution in [0, 0.1) is 11.3 Å². The minimum Gasteiger partial charge on any atom is -0.377 e. The second kappa shape index (κ2) is 22.2. The van der Waals surface area contributed by atoms with Gasteiger partial charge >= 0.3 is 0 Å². The van der Waals surface area contributed by atoms with Crippen LogP contribution in [0.15, 0.2) is 12.5 Å². The number of unbranched alkanes of at least 4 members (excludes halogenated alkanes) is 1. The molecule has 1 radical (unpaired) electrons. The molecule has 1 heterocycles. The number of ketones is 4. The molecule has 0 aliphatic heterocycles. The van der Waals surface area contributed by atoms with E-state index in [2.05, 4.69) is 25.9 Å². The van der Waals surface area contributed by atoms with E-state index >= 15 is 0 Å². The third kappa shape index (κ3) is 18.9. The van der Waals surface area contributed by atoms with E-state index in [1.807, 2.05) is 0 Å². The molecule has 0 spiro atoms. The molecule has 14 nitrogen and oxygen atoms in total. The van der Waals surface area contributed by atoms with Gasteiger partial charge in [-0.15, -0.1) is 0 Å². The Labute approximate surface area is 265 Å². The maximum atomic E-state index is 13.1. The number of aromatic amines is 1. The van der Waals surface area contributed by atoms with Crippen LogP contribution in [0.4, 0.5) is 0 Å². The second-order valence-corrected chi connectivity index (χ2v) is 11.8. The van der Waals surface area contributed by atoms with Gasteiger partial charge in [-0.3, -0.25) is 28.8 Å². The molecule has 45 heavy (non-hydrogen) atoms. The summed E-state index contributed by atoms with van der Waals surface area (Å²) >= 11 is 0. The molecule has 14 heteroatoms. The van der Waals surface area contributed by atoms with Gasteiger partial charge in [0.05, 0.1) is 45.3 Å². The second-order valence-electron chi connectivity index (χ2n) is 11.8. The van der Waals surface area contributed by atoms with Crippen LogP contribution in [0.2, 0.25) is 0 Å². The highest BCUT2D eigenvalue weighted by Gasteiger charge is 2.33. The van der Waals surface area contributed by atoms with E-state index in [0.717, 1.165) is 0 Å². The lowest BCUT2D eigenvalue weighted by Crippen LogP contribution is -2.35. The zero-order valence-electron chi connectivity index (χ0n) is 27.1. The van der Waals surface area contributed by atoms with Crippen LogP contribution in [0.25, 0.3) is 0 Å². The van der Waals surface area contributed by atoms with Gasteiger partial charge in [0.1, 0.15) is 24.0 Å². The van der Waals surface area contributed by atoms with E-state index in [1.54, 1.807) is 20.0 Å². The van der Waals surface area contributed by atoms with Crippen LogP contribution >= 0.6 is 0 Å². The van der Waals surface area contributed by atoms with Gasteiger partial charge in [0.2, 0.25) is 11.8 Å². The highest BCUT2D eigenvalue weighted by atomic mass is 16.5. The highest BCUT2D eigenvalue weighted by molar-refractivity contribution is 5.93. The van der Waals surface area contributed by atoms with Crippen molar-refractivity contribution in [3.8, 4) is 0 Å². The molecule has 0 bridgehead atoms. The molecule has 2 atom stereocenters. The molecule has 1 rings (SSSR count). The molecule has 0 unspecified atom stereocenters. The topological polar surface area (TPSA) is 209 Å². The lowest BCUT2D eigenvalue weighted by Gasteiger charge is -2.25. The van der Waals surface area contributed by atoms with Crippen LogP contribution in [-0.4, -0.2) is 104 Å². The Hall–Kier alpha value is -3.33. The number of amides is 2. The SMILES string of the molecule is CC(=O)CNCC(=O)[C@H](CCCCNC(=O)COCCOCCNC(C)=O)CCC(=O)C(C)(C)CC(=O)[C@@H]([NH])Cc1cnc[nH]1. The summed E-state index contributed by atoms with van der Waals surface area (Å²) in [4.78, 5) is 79.6. The summed E-state index contributed by atoms with van der Waals surface area (Å²) in [7, 11) is 0. The molecule has 0 saturated heterocycles. The van der Waals surface area contributed by atoms with Crippen molar-refractivity contribution in [3.63, 3.8) is 0 Å². The first-order valence-electron chi connectivity index (χ1n) is 15.5. The maximum Gasteiger partial charge on any atom is 0.245 e. The van der Waals surface area contributed by atoms with Crippen molar-refractivity contribution < 1.29 is 38.2 Å². The monoisotopic (exact) mass is 635 g/mol. The molecule has 0 saturated carbocycles. The third-order valence-electron chi connectivity index (χ3n) is 7.11. The van der Waals surface area contributed by atoms with Gasteiger partial charge in [0.15, 0.2) is 5.78 Å². The number of hydrogen-bond acceptors (Lipinski definition) is 10. The summed E-state index contributed by atoms with van der Waals surface area (Å²) in [6, 6.07) is -1.01. The lowest BCUT2D eigenvalue weighted by atomic mass is 9.78. The first-order valence-corrected chi connectivity index (χ1v) is 15.5. The van der Waals surface area contributed by atoms with E-state index in [-0.39, 0.29) is 80.5 Å². The van der Waals surface area contributed by atoms with Gasteiger partial charge < -0.3 is 30.4 Å². The number of aromatic nitrogens is 2. The Morgan fingerprint density at radius 3 is 2.33 bits per heavy atom. The van der Waals surface area contributed by atoms with Crippen LogP contribution in [0.1, 0.15) is 71.9 Å². The molecule has 0 aromatic carbocycles. The Kier molecular flexibility index (Phi) is 19.6. The summed E-state index contributed by atoms with van der Waals surface area (Å²) in [5.41, 5.74) is 7.88. The predicted molar refractivity (Wildman–Crippen MR) is 166 cm³/mol. The molecular weight excluding hydrogens is 584 g/mol. The molecule has 2 amide bonds. The number of nitrogens with one attached hydrogen (secondary N) is 5. The zero-order valence-corrected chi connectivity index (χ0v) is 27.1. The molecule has 0 aliphatic rings. The number of Topliss-reactive ketones (excluding diaryl/α,β-unsaturated/α-hetero) is 4. The Balaban J connectivity index is 2.46. The van der Waals surface area contributed by atoms with Crippen molar-refractivity contribution in [3.05, 3.63) is 18.2 Å². The Bertz CT molecular complexity index is 1080. The molecule has 0 fully saturated rings. The average molecular weight is 636 g/mol. The van der Waals surface area contributed by atoms with Crippen molar-refractivity contribution in [1.82, 2.24) is 31.7 Å². The van der Waals surface area contributed by atoms with Crippen LogP contribution in [0.3, 0.4) is 0 Å². The first-order chi connectivity index (χ1) is 21.3. The molecule has 1 aromatic rings. The predicted octanol–water partition coefficient (Wildman–Crippen LogP) is 0.758. The fourth-order valence-corrected chi connectivity index (χ4v) is 4.48. The summed E-state index contributed by atoms with van der Waals surface area (Å²) in [5, 5.41) is 8.23. The number of ether oxygens (including phenoxy) is 2. The maximum absolute atomic E-state index is 13.1. The third-order valence-corrected chi connectivity index (χ3v) is 7.11. The quantitative estimate of drug-likeness (QED) is 0.0997.